The molecule has 3 aliphatic rings. The van der Waals surface area contributed by atoms with Crippen LogP contribution in [0.2, 0.25) is 10.0 Å². The third-order valence-corrected chi connectivity index (χ3v) is 7.23. The summed E-state index contributed by atoms with van der Waals surface area (Å²) in [6.07, 6.45) is -3.93. The SMILES string of the molecule is CC(C)C(=O)N1CC2(C1)OCc1cc(C3=COC(c4cc(Cl)cc(Cl)c4)(C(F)(F)F)C3)ccc12. The summed E-state index contributed by atoms with van der Waals surface area (Å²) in [5.74, 6) is -0.00431. The van der Waals surface area contributed by atoms with Crippen molar-refractivity contribution in [3.63, 3.8) is 0 Å². The molecule has 2 aromatic carbocycles. The highest BCUT2D eigenvalue weighted by Crippen LogP contribution is 2.53. The molecule has 1 amide bonds. The Kier molecular flexibility index (Phi) is 5.47. The zero-order valence-corrected chi connectivity index (χ0v) is 20.0. The van der Waals surface area contributed by atoms with Crippen LogP contribution in [-0.2, 0) is 32.1 Å². The topological polar surface area (TPSA) is 38.8 Å². The lowest BCUT2D eigenvalue weighted by molar-refractivity contribution is -0.260. The van der Waals surface area contributed by atoms with E-state index in [-0.39, 0.29) is 27.4 Å². The van der Waals surface area contributed by atoms with Crippen molar-refractivity contribution in [3.05, 3.63) is 75.0 Å². The first-order valence-electron chi connectivity index (χ1n) is 10.9. The molecule has 1 atom stereocenters. The van der Waals surface area contributed by atoms with Crippen LogP contribution in [0, 0.1) is 5.92 Å². The van der Waals surface area contributed by atoms with E-state index in [9.17, 15) is 18.0 Å². The molecule has 34 heavy (non-hydrogen) atoms. The molecule has 0 bridgehead atoms. The third kappa shape index (κ3) is 3.60. The van der Waals surface area contributed by atoms with E-state index in [2.05, 4.69) is 0 Å². The van der Waals surface area contributed by atoms with Crippen LogP contribution >= 0.6 is 23.2 Å². The van der Waals surface area contributed by atoms with Crippen molar-refractivity contribution < 1.29 is 27.4 Å². The van der Waals surface area contributed by atoms with E-state index >= 15 is 0 Å². The second-order valence-electron chi connectivity index (χ2n) is 9.42. The number of benzene rings is 2. The van der Waals surface area contributed by atoms with Crippen LogP contribution in [0.1, 0.15) is 42.5 Å². The molecule has 2 aromatic rings. The van der Waals surface area contributed by atoms with Gasteiger partial charge in [0.2, 0.25) is 11.5 Å². The summed E-state index contributed by atoms with van der Waals surface area (Å²) in [4.78, 5) is 14.0. The molecule has 3 heterocycles. The fourth-order valence-corrected chi connectivity index (χ4v) is 5.51. The zero-order chi connectivity index (χ0) is 24.5. The van der Waals surface area contributed by atoms with E-state index in [0.29, 0.717) is 30.8 Å². The highest BCUT2D eigenvalue weighted by molar-refractivity contribution is 6.34. The van der Waals surface area contributed by atoms with Crippen LogP contribution in [0.15, 0.2) is 42.7 Å². The predicted octanol–water partition coefficient (Wildman–Crippen LogP) is 6.44. The molecular formula is C25H22Cl2F3NO3. The van der Waals surface area contributed by atoms with Crippen molar-refractivity contribution in [2.45, 2.75) is 44.3 Å². The summed E-state index contributed by atoms with van der Waals surface area (Å²) in [6, 6.07) is 9.38. The van der Waals surface area contributed by atoms with Gasteiger partial charge in [-0.15, -0.1) is 0 Å². The third-order valence-electron chi connectivity index (χ3n) is 6.80. The van der Waals surface area contributed by atoms with E-state index in [0.717, 1.165) is 11.1 Å². The number of alkyl halides is 3. The lowest BCUT2D eigenvalue weighted by Crippen LogP contribution is -2.61. The first-order chi connectivity index (χ1) is 15.9. The van der Waals surface area contributed by atoms with Crippen molar-refractivity contribution in [1.29, 1.82) is 0 Å². The number of fused-ring (bicyclic) bond motifs is 2. The number of hydrogen-bond donors (Lipinski definition) is 0. The van der Waals surface area contributed by atoms with Crippen molar-refractivity contribution in [1.82, 2.24) is 4.90 Å². The summed E-state index contributed by atoms with van der Waals surface area (Å²) >= 11 is 12.0. The average Bonchev–Trinajstić information content (AvgIpc) is 3.34. The van der Waals surface area contributed by atoms with Gasteiger partial charge in [0.25, 0.3) is 0 Å². The molecule has 0 radical (unpaired) electrons. The summed E-state index contributed by atoms with van der Waals surface area (Å²) in [5, 5.41) is 0.210. The zero-order valence-electron chi connectivity index (χ0n) is 18.5. The highest BCUT2D eigenvalue weighted by Gasteiger charge is 2.61. The van der Waals surface area contributed by atoms with Gasteiger partial charge in [-0.05, 0) is 46.5 Å². The number of hydrogen-bond acceptors (Lipinski definition) is 3. The van der Waals surface area contributed by atoms with Crippen LogP contribution < -0.4 is 0 Å². The number of rotatable bonds is 3. The Labute approximate surface area is 205 Å². The van der Waals surface area contributed by atoms with Crippen molar-refractivity contribution in [3.8, 4) is 0 Å². The van der Waals surface area contributed by atoms with Crippen LogP contribution in [0.25, 0.3) is 5.57 Å². The number of halogens is 5. The Bertz CT molecular complexity index is 1180. The number of nitrogens with zero attached hydrogens (tertiary/aromatic N) is 1. The Morgan fingerprint density at radius 1 is 1.09 bits per heavy atom. The van der Waals surface area contributed by atoms with Gasteiger partial charge in [-0.25, -0.2) is 0 Å². The molecule has 5 rings (SSSR count). The Balaban J connectivity index is 1.41. The van der Waals surface area contributed by atoms with E-state index < -0.39 is 23.8 Å². The van der Waals surface area contributed by atoms with E-state index in [4.69, 9.17) is 32.7 Å². The summed E-state index contributed by atoms with van der Waals surface area (Å²) in [6.45, 7) is 5.02. The average molecular weight is 512 g/mol. The van der Waals surface area contributed by atoms with Crippen LogP contribution in [-0.4, -0.2) is 30.1 Å². The number of carbonyl (C=O) groups is 1. The maximum atomic E-state index is 14.3. The molecule has 1 fully saturated rings. The lowest BCUT2D eigenvalue weighted by Gasteiger charge is -2.48. The first kappa shape index (κ1) is 23.5. The molecule has 1 saturated heterocycles. The van der Waals surface area contributed by atoms with Gasteiger partial charge in [0.15, 0.2) is 0 Å². The van der Waals surface area contributed by atoms with Gasteiger partial charge in [0.1, 0.15) is 5.60 Å². The maximum Gasteiger partial charge on any atom is 0.432 e. The normalized spacial score (nSPS) is 23.1. The molecule has 4 nitrogen and oxygen atoms in total. The summed E-state index contributed by atoms with van der Waals surface area (Å²) in [5.41, 5.74) is -0.310. The van der Waals surface area contributed by atoms with Gasteiger partial charge in [-0.2, -0.15) is 13.2 Å². The van der Waals surface area contributed by atoms with E-state index in [1.165, 1.54) is 24.5 Å². The van der Waals surface area contributed by atoms with Crippen molar-refractivity contribution in [2.75, 3.05) is 13.1 Å². The number of amides is 1. The minimum atomic E-state index is -4.69. The molecule has 0 N–H and O–H groups in total. The molecule has 180 valence electrons. The molecule has 3 aliphatic heterocycles. The van der Waals surface area contributed by atoms with Gasteiger partial charge >= 0.3 is 6.18 Å². The van der Waals surface area contributed by atoms with Gasteiger partial charge in [-0.1, -0.05) is 49.2 Å². The molecule has 1 unspecified atom stereocenters. The van der Waals surface area contributed by atoms with Crippen molar-refractivity contribution in [2.24, 2.45) is 5.92 Å². The maximum absolute atomic E-state index is 14.3. The Morgan fingerprint density at radius 3 is 2.38 bits per heavy atom. The van der Waals surface area contributed by atoms with Gasteiger partial charge in [-0.3, -0.25) is 4.79 Å². The van der Waals surface area contributed by atoms with Crippen molar-refractivity contribution >= 4 is 34.7 Å². The minimum absolute atomic E-state index is 0.0807. The lowest BCUT2D eigenvalue weighted by atomic mass is 9.82. The molecule has 1 spiro atoms. The Hall–Kier alpha value is -2.22. The molecule has 9 heteroatoms. The van der Waals surface area contributed by atoms with Crippen LogP contribution in [0.5, 0.6) is 0 Å². The monoisotopic (exact) mass is 511 g/mol. The van der Waals surface area contributed by atoms with Gasteiger partial charge in [0.05, 0.1) is 26.0 Å². The summed E-state index contributed by atoms with van der Waals surface area (Å²) in [7, 11) is 0. The molecule has 0 aromatic heterocycles. The largest absolute Gasteiger partial charge is 0.480 e. The quantitative estimate of drug-likeness (QED) is 0.476. The second kappa shape index (κ2) is 7.90. The molecule has 0 saturated carbocycles. The fourth-order valence-electron chi connectivity index (χ4n) is 4.99. The van der Waals surface area contributed by atoms with Crippen LogP contribution in [0.4, 0.5) is 13.2 Å². The first-order valence-corrected chi connectivity index (χ1v) is 11.7. The number of ether oxygens (including phenoxy) is 2. The highest BCUT2D eigenvalue weighted by atomic mass is 35.5. The Morgan fingerprint density at radius 2 is 1.76 bits per heavy atom. The van der Waals surface area contributed by atoms with Crippen LogP contribution in [0.3, 0.4) is 0 Å². The van der Waals surface area contributed by atoms with E-state index in [1.807, 2.05) is 26.0 Å². The smallest absolute Gasteiger partial charge is 0.432 e. The summed E-state index contributed by atoms with van der Waals surface area (Å²) < 4.78 is 54.3. The van der Waals surface area contributed by atoms with E-state index in [1.54, 1.807) is 11.0 Å². The predicted molar refractivity (Wildman–Crippen MR) is 122 cm³/mol. The molecule has 0 aliphatic carbocycles. The number of likely N-dealkylation sites (tertiary alicyclic amines) is 1. The van der Waals surface area contributed by atoms with Gasteiger partial charge < -0.3 is 14.4 Å². The standard InChI is InChI=1S/C25H22Cl2F3NO3/c1-14(2)22(32)31-12-23(13-31)21-4-3-15(5-16(21)10-33-23)17-9-24(34-11-17,25(28,29)30)18-6-19(26)8-20(27)7-18/h3-8,11,14H,9-10,12-13H2,1-2H3. The fraction of sp³-hybridized carbons (Fsp3) is 0.400. The minimum Gasteiger partial charge on any atom is -0.480 e. The molecular weight excluding hydrogens is 490 g/mol. The van der Waals surface area contributed by atoms with Gasteiger partial charge in [0, 0.05) is 27.9 Å². The number of carbonyl (C=O) groups excluding carboxylic acids is 1. The second-order valence-corrected chi connectivity index (χ2v) is 10.3.